The average Bonchev–Trinajstić information content (AvgIpc) is 2.76. The molecule has 11 heteroatoms. The second kappa shape index (κ2) is 13.4. The maximum Gasteiger partial charge on any atom is 0.305 e. The van der Waals surface area contributed by atoms with E-state index in [2.05, 4.69) is 5.32 Å². The Kier molecular flexibility index (Phi) is 10.7. The summed E-state index contributed by atoms with van der Waals surface area (Å²) in [5, 5.41) is 2.69. The number of carbonyl (C=O) groups excluding carboxylic acids is 5. The number of rotatable bonds is 10. The molecule has 0 spiro atoms. The molecule has 1 N–H and O–H groups in total. The van der Waals surface area contributed by atoms with Gasteiger partial charge in [-0.1, -0.05) is 30.3 Å². The Bertz CT molecular complexity index is 903. The molecule has 0 aliphatic carbocycles. The molecule has 1 heterocycles. The highest BCUT2D eigenvalue weighted by molar-refractivity contribution is 5.76. The van der Waals surface area contributed by atoms with Gasteiger partial charge in [0.1, 0.15) is 18.8 Å². The molecule has 0 unspecified atom stereocenters. The van der Waals surface area contributed by atoms with E-state index in [0.717, 1.165) is 26.3 Å². The summed E-state index contributed by atoms with van der Waals surface area (Å²) < 4.78 is 26.7. The Balaban J connectivity index is 2.24. The van der Waals surface area contributed by atoms with Crippen molar-refractivity contribution >= 4 is 29.8 Å². The second-order valence-corrected chi connectivity index (χ2v) is 8.04. The highest BCUT2D eigenvalue weighted by atomic mass is 16.7. The molecule has 0 radical (unpaired) electrons. The van der Waals surface area contributed by atoms with Gasteiger partial charge in [-0.15, -0.1) is 0 Å². The molecule has 1 aromatic carbocycles. The first-order chi connectivity index (χ1) is 16.6. The molecule has 2 rings (SSSR count). The zero-order valence-corrected chi connectivity index (χ0v) is 20.2. The van der Waals surface area contributed by atoms with Gasteiger partial charge in [0.15, 0.2) is 12.2 Å². The summed E-state index contributed by atoms with van der Waals surface area (Å²) >= 11 is 0. The lowest BCUT2D eigenvalue weighted by molar-refractivity contribution is -0.271. The maximum absolute atomic E-state index is 12.8. The largest absolute Gasteiger partial charge is 0.463 e. The Morgan fingerprint density at radius 1 is 0.829 bits per heavy atom. The molecule has 0 saturated carbocycles. The minimum absolute atomic E-state index is 0.125. The van der Waals surface area contributed by atoms with E-state index in [9.17, 15) is 24.0 Å². The third-order valence-corrected chi connectivity index (χ3v) is 5.02. The third kappa shape index (κ3) is 9.36. The number of aryl methyl sites for hydroxylation is 1. The molecular formula is C24H31NO10. The number of hydrogen-bond acceptors (Lipinski definition) is 10. The summed E-state index contributed by atoms with van der Waals surface area (Å²) in [5.41, 5.74) is 1.07. The molecule has 0 bridgehead atoms. The van der Waals surface area contributed by atoms with Crippen LogP contribution in [0.25, 0.3) is 0 Å². The van der Waals surface area contributed by atoms with Crippen molar-refractivity contribution in [2.45, 2.75) is 77.6 Å². The smallest absolute Gasteiger partial charge is 0.305 e. The van der Waals surface area contributed by atoms with Gasteiger partial charge in [-0.25, -0.2) is 0 Å². The number of amides is 1. The summed E-state index contributed by atoms with van der Waals surface area (Å²) in [5.74, 6) is -3.22. The first-order valence-electron chi connectivity index (χ1n) is 11.2. The van der Waals surface area contributed by atoms with Gasteiger partial charge in [0.2, 0.25) is 12.2 Å². The molecule has 1 aliphatic heterocycles. The van der Waals surface area contributed by atoms with Gasteiger partial charge in [-0.05, 0) is 18.4 Å². The van der Waals surface area contributed by atoms with Crippen LogP contribution in [0.3, 0.4) is 0 Å². The summed E-state index contributed by atoms with van der Waals surface area (Å²) in [6, 6.07) is 8.43. The molecule has 1 saturated heterocycles. The fourth-order valence-electron chi connectivity index (χ4n) is 3.68. The predicted molar refractivity (Wildman–Crippen MR) is 119 cm³/mol. The first kappa shape index (κ1) is 27.8. The van der Waals surface area contributed by atoms with E-state index in [1.807, 2.05) is 30.3 Å². The lowest BCUT2D eigenvalue weighted by Crippen LogP contribution is -2.67. The van der Waals surface area contributed by atoms with Crippen molar-refractivity contribution in [1.82, 2.24) is 5.32 Å². The number of benzene rings is 1. The molecule has 1 aromatic rings. The summed E-state index contributed by atoms with van der Waals surface area (Å²) in [4.78, 5) is 59.5. The third-order valence-electron chi connectivity index (χ3n) is 5.02. The fraction of sp³-hybridized carbons (Fsp3) is 0.542. The molecule has 1 aliphatic rings. The zero-order valence-electron chi connectivity index (χ0n) is 20.2. The molecule has 11 nitrogen and oxygen atoms in total. The molecule has 1 fully saturated rings. The number of carbonyl (C=O) groups is 5. The van der Waals surface area contributed by atoms with Crippen LogP contribution < -0.4 is 5.32 Å². The number of hydrogen-bond donors (Lipinski definition) is 1. The van der Waals surface area contributed by atoms with Crippen LogP contribution in [0.4, 0.5) is 0 Å². The van der Waals surface area contributed by atoms with Crippen molar-refractivity contribution in [2.75, 3.05) is 6.61 Å². The van der Waals surface area contributed by atoms with Crippen LogP contribution in [0.15, 0.2) is 30.3 Å². The van der Waals surface area contributed by atoms with Crippen LogP contribution in [-0.2, 0) is 54.1 Å². The van der Waals surface area contributed by atoms with Crippen LogP contribution in [0.2, 0.25) is 0 Å². The van der Waals surface area contributed by atoms with Crippen LogP contribution in [0.1, 0.15) is 46.1 Å². The molecule has 5 atom stereocenters. The highest BCUT2D eigenvalue weighted by Gasteiger charge is 2.52. The van der Waals surface area contributed by atoms with Gasteiger partial charge in [-0.3, -0.25) is 24.0 Å². The maximum atomic E-state index is 12.8. The second-order valence-electron chi connectivity index (χ2n) is 8.04. The number of esters is 4. The lowest BCUT2D eigenvalue weighted by atomic mass is 9.95. The quantitative estimate of drug-likeness (QED) is 0.373. The van der Waals surface area contributed by atoms with E-state index in [1.54, 1.807) is 0 Å². The average molecular weight is 494 g/mol. The first-order valence-corrected chi connectivity index (χ1v) is 11.2. The number of nitrogens with one attached hydrogen (secondary N) is 1. The van der Waals surface area contributed by atoms with E-state index in [0.29, 0.717) is 12.8 Å². The van der Waals surface area contributed by atoms with E-state index >= 15 is 0 Å². The van der Waals surface area contributed by atoms with Crippen LogP contribution in [0, 0.1) is 0 Å². The van der Waals surface area contributed by atoms with E-state index in [-0.39, 0.29) is 13.0 Å². The standard InChI is InChI=1S/C24H31NO10/c1-14(26)31-13-19-22(32-15(2)27)23(33-16(3)28)21(24(35-19)34-17(4)29)25-20(30)12-8-11-18-9-6-5-7-10-18/h5-7,9-10,19,21-24H,8,11-13H2,1-4H3,(H,25,30)/t19-,21-,22-,23-,24-/m1/s1. The normalized spacial score (nSPS) is 23.5. The Morgan fingerprint density at radius 2 is 1.43 bits per heavy atom. The fourth-order valence-corrected chi connectivity index (χ4v) is 3.68. The van der Waals surface area contributed by atoms with Crippen molar-refractivity contribution in [1.29, 1.82) is 0 Å². The molecule has 35 heavy (non-hydrogen) atoms. The molecule has 192 valence electrons. The molecule has 1 amide bonds. The minimum Gasteiger partial charge on any atom is -0.463 e. The van der Waals surface area contributed by atoms with E-state index in [1.165, 1.54) is 6.92 Å². The number of ether oxygens (including phenoxy) is 5. The van der Waals surface area contributed by atoms with Gasteiger partial charge < -0.3 is 29.0 Å². The van der Waals surface area contributed by atoms with Gasteiger partial charge in [0.25, 0.3) is 0 Å². The van der Waals surface area contributed by atoms with E-state index < -0.39 is 60.4 Å². The summed E-state index contributed by atoms with van der Waals surface area (Å²) in [6.07, 6.45) is -3.76. The minimum atomic E-state index is -1.40. The predicted octanol–water partition coefficient (Wildman–Crippen LogP) is 1.21. The Labute approximate surface area is 203 Å². The lowest BCUT2D eigenvalue weighted by Gasteiger charge is -2.44. The zero-order chi connectivity index (χ0) is 26.0. The molecule has 0 aromatic heterocycles. The summed E-state index contributed by atoms with van der Waals surface area (Å²) in [7, 11) is 0. The van der Waals surface area contributed by atoms with Crippen molar-refractivity contribution < 1.29 is 47.7 Å². The van der Waals surface area contributed by atoms with Gasteiger partial charge in [-0.2, -0.15) is 0 Å². The van der Waals surface area contributed by atoms with Gasteiger partial charge in [0, 0.05) is 34.1 Å². The SMILES string of the molecule is CC(=O)OC[C@H]1O[C@@H](OC(C)=O)[C@H](NC(=O)CCCc2ccccc2)[C@@H](OC(C)=O)[C@@H]1OC(C)=O. The van der Waals surface area contributed by atoms with Crippen molar-refractivity contribution in [3.05, 3.63) is 35.9 Å². The molecular weight excluding hydrogens is 462 g/mol. The van der Waals surface area contributed by atoms with Gasteiger partial charge in [0.05, 0.1) is 0 Å². The van der Waals surface area contributed by atoms with Crippen LogP contribution in [0.5, 0.6) is 0 Å². The van der Waals surface area contributed by atoms with E-state index in [4.69, 9.17) is 23.7 Å². The van der Waals surface area contributed by atoms with Crippen LogP contribution in [-0.4, -0.2) is 67.0 Å². The van der Waals surface area contributed by atoms with Crippen LogP contribution >= 0.6 is 0 Å². The Hall–Kier alpha value is -3.47. The van der Waals surface area contributed by atoms with Crippen molar-refractivity contribution in [3.63, 3.8) is 0 Å². The van der Waals surface area contributed by atoms with Crippen molar-refractivity contribution in [3.8, 4) is 0 Å². The van der Waals surface area contributed by atoms with Crippen molar-refractivity contribution in [2.24, 2.45) is 0 Å². The highest BCUT2D eigenvalue weighted by Crippen LogP contribution is 2.28. The Morgan fingerprint density at radius 3 is 2.00 bits per heavy atom. The summed E-state index contributed by atoms with van der Waals surface area (Å²) in [6.45, 7) is 4.22. The topological polar surface area (TPSA) is 144 Å². The van der Waals surface area contributed by atoms with Gasteiger partial charge >= 0.3 is 23.9 Å². The monoisotopic (exact) mass is 493 g/mol.